The molecule has 0 aliphatic rings. The summed E-state index contributed by atoms with van der Waals surface area (Å²) in [5.41, 5.74) is 14.8. The number of nitrogens with one attached hydrogen (secondary N) is 2. The van der Waals surface area contributed by atoms with Crippen LogP contribution in [0.4, 0.5) is 4.79 Å². The number of urea groups is 1. The van der Waals surface area contributed by atoms with Crippen LogP contribution in [0.3, 0.4) is 0 Å². The van der Waals surface area contributed by atoms with Gasteiger partial charge in [-0.3, -0.25) is 0 Å². The van der Waals surface area contributed by atoms with Gasteiger partial charge in [0.2, 0.25) is 38.0 Å². The van der Waals surface area contributed by atoms with Crippen molar-refractivity contribution in [3.8, 4) is 0 Å². The highest BCUT2D eigenvalue weighted by Gasteiger charge is 2.15. The molecule has 0 saturated heterocycles. The van der Waals surface area contributed by atoms with Crippen molar-refractivity contribution in [1.29, 1.82) is 0 Å². The van der Waals surface area contributed by atoms with Crippen LogP contribution in [-0.2, 0) is 91.6 Å². The van der Waals surface area contributed by atoms with Crippen molar-refractivity contribution in [2.75, 3.05) is 0 Å². The van der Waals surface area contributed by atoms with E-state index in [0.29, 0.717) is 13.1 Å². The molecular formula is C83H102N14O+6. The number of carbonyl (C=O) groups excluding carboxylic acids is 1. The average molecular weight is 1310 g/mol. The number of hydrogen-bond acceptors (Lipinski definition) is 1. The van der Waals surface area contributed by atoms with E-state index in [1.165, 1.54) is 133 Å². The van der Waals surface area contributed by atoms with Crippen molar-refractivity contribution in [3.05, 3.63) is 325 Å². The zero-order valence-electron chi connectivity index (χ0n) is 57.9. The van der Waals surface area contributed by atoms with E-state index in [0.717, 1.165) is 89.7 Å². The van der Waals surface area contributed by atoms with Crippen molar-refractivity contribution in [2.24, 2.45) is 0 Å². The van der Waals surface area contributed by atoms with Gasteiger partial charge >= 0.3 is 6.03 Å². The normalized spacial score (nSPS) is 11.4. The number of imidazole rings is 6. The lowest BCUT2D eigenvalue weighted by Gasteiger charge is -2.09. The van der Waals surface area contributed by atoms with Crippen LogP contribution in [0.1, 0.15) is 158 Å². The highest BCUT2D eigenvalue weighted by Crippen LogP contribution is 2.15. The topological polar surface area (TPSA) is 94.0 Å². The van der Waals surface area contributed by atoms with Crippen LogP contribution in [0.2, 0.25) is 0 Å². The first-order valence-electron chi connectivity index (χ1n) is 36.0. The summed E-state index contributed by atoms with van der Waals surface area (Å²) < 4.78 is 27.1. The average Bonchev–Trinajstić information content (AvgIpc) is 1.77. The number of rotatable bonds is 38. The van der Waals surface area contributed by atoms with E-state index in [9.17, 15) is 4.79 Å². The van der Waals surface area contributed by atoms with Gasteiger partial charge in [0.15, 0.2) is 0 Å². The smallest absolute Gasteiger partial charge is 0.315 e. The summed E-state index contributed by atoms with van der Waals surface area (Å²) in [6, 6.07) is 52.8. The minimum atomic E-state index is -0.188. The summed E-state index contributed by atoms with van der Waals surface area (Å²) in [6.07, 6.45) is 55.1. The molecule has 0 spiro atoms. The Morgan fingerprint density at radius 3 is 0.724 bits per heavy atom. The Balaban J connectivity index is 0.504. The van der Waals surface area contributed by atoms with Crippen LogP contribution in [0.5, 0.6) is 0 Å². The molecule has 504 valence electrons. The first-order chi connectivity index (χ1) is 48.2. The number of aromatic nitrogens is 12. The minimum Gasteiger partial charge on any atom is -0.334 e. The first kappa shape index (κ1) is 67.8. The Labute approximate surface area is 580 Å². The highest BCUT2D eigenvalue weighted by atomic mass is 16.2. The summed E-state index contributed by atoms with van der Waals surface area (Å²) >= 11 is 0. The maximum atomic E-state index is 12.9. The highest BCUT2D eigenvalue weighted by molar-refractivity contribution is 5.73. The van der Waals surface area contributed by atoms with Crippen LogP contribution in [0.15, 0.2) is 258 Å². The molecule has 0 saturated carbocycles. The SMILES string of the molecule is CCCCCCCCn1cc[n+](Cc2ccc(C[n+]3ccn(Cc4ccc(Cn5cc[n+](Cc6ccc(CNC(=O)NCc7ccc(C[n+]8ccn(Cc9ccc(Cn%10cc[n+](Cc%11ccc(C[n+]%12ccn(CCCCCCCC)c%12)cc%11)c%10)cc9)c8)cc7)cc6)c5)cc4)c3)cc2)c1. The Bertz CT molecular complexity index is 4040. The fourth-order valence-electron chi connectivity index (χ4n) is 13.0. The molecule has 2 amide bonds. The fraction of sp³-hybridized carbons (Fsp3) is 0.337. The molecular weight excluding hydrogens is 1210 g/mol. The lowest BCUT2D eigenvalue weighted by molar-refractivity contribution is -0.688. The second kappa shape index (κ2) is 35.2. The van der Waals surface area contributed by atoms with Gasteiger partial charge in [0, 0.05) is 13.1 Å². The Morgan fingerprint density at radius 1 is 0.265 bits per heavy atom. The summed E-state index contributed by atoms with van der Waals surface area (Å²) in [6.45, 7) is 15.9. The van der Waals surface area contributed by atoms with Gasteiger partial charge in [-0.2, -0.15) is 0 Å². The number of nitrogens with zero attached hydrogens (tertiary/aromatic N) is 12. The van der Waals surface area contributed by atoms with Crippen LogP contribution in [0, 0.1) is 0 Å². The molecule has 6 aromatic carbocycles. The second-order valence-electron chi connectivity index (χ2n) is 27.2. The molecule has 6 heterocycles. The van der Waals surface area contributed by atoms with E-state index >= 15 is 0 Å². The molecule has 0 bridgehead atoms. The molecule has 98 heavy (non-hydrogen) atoms. The van der Waals surface area contributed by atoms with Gasteiger partial charge in [0.25, 0.3) is 0 Å². The van der Waals surface area contributed by atoms with Gasteiger partial charge in [0.05, 0.1) is 13.1 Å². The molecule has 15 nitrogen and oxygen atoms in total. The van der Waals surface area contributed by atoms with Gasteiger partial charge in [-0.1, -0.05) is 211 Å². The number of amides is 2. The third-order valence-electron chi connectivity index (χ3n) is 18.7. The molecule has 0 radical (unpaired) electrons. The number of hydrogen-bond donors (Lipinski definition) is 2. The van der Waals surface area contributed by atoms with Crippen molar-refractivity contribution in [2.45, 2.75) is 183 Å². The van der Waals surface area contributed by atoms with Gasteiger partial charge in [-0.05, 0) is 92.4 Å². The lowest BCUT2D eigenvalue weighted by Crippen LogP contribution is -2.34. The predicted octanol–water partition coefficient (Wildman–Crippen LogP) is 12.4. The fourth-order valence-corrected chi connectivity index (χ4v) is 13.0. The van der Waals surface area contributed by atoms with E-state index in [2.05, 4.69) is 337 Å². The zero-order valence-corrected chi connectivity index (χ0v) is 57.9. The van der Waals surface area contributed by atoms with Crippen molar-refractivity contribution < 1.29 is 32.2 Å². The Morgan fingerprint density at radius 2 is 0.469 bits per heavy atom. The van der Waals surface area contributed by atoms with Gasteiger partial charge in [-0.15, -0.1) is 0 Å². The minimum absolute atomic E-state index is 0.188. The monoisotopic (exact) mass is 1310 g/mol. The van der Waals surface area contributed by atoms with Crippen LogP contribution < -0.4 is 38.0 Å². The lowest BCUT2D eigenvalue weighted by atomic mass is 10.1. The molecule has 0 aliphatic heterocycles. The van der Waals surface area contributed by atoms with Crippen LogP contribution in [-0.4, -0.2) is 33.4 Å². The molecule has 0 unspecified atom stereocenters. The van der Waals surface area contributed by atoms with Crippen molar-refractivity contribution in [1.82, 2.24) is 38.0 Å². The van der Waals surface area contributed by atoms with Crippen LogP contribution in [0.25, 0.3) is 0 Å². The largest absolute Gasteiger partial charge is 0.334 e. The van der Waals surface area contributed by atoms with Crippen molar-refractivity contribution >= 4 is 6.03 Å². The summed E-state index contributed by atoms with van der Waals surface area (Å²) in [5, 5.41) is 6.06. The quantitative estimate of drug-likeness (QED) is 0.0293. The van der Waals surface area contributed by atoms with E-state index in [4.69, 9.17) is 0 Å². The third kappa shape index (κ3) is 21.4. The second-order valence-corrected chi connectivity index (χ2v) is 27.2. The molecule has 0 fully saturated rings. The molecule has 2 N–H and O–H groups in total. The van der Waals surface area contributed by atoms with Gasteiger partial charge < -0.3 is 10.6 Å². The Hall–Kier alpha value is -10.2. The van der Waals surface area contributed by atoms with E-state index < -0.39 is 0 Å². The maximum absolute atomic E-state index is 12.9. The maximum Gasteiger partial charge on any atom is 0.315 e. The molecule has 0 aliphatic carbocycles. The third-order valence-corrected chi connectivity index (χ3v) is 18.7. The summed E-state index contributed by atoms with van der Waals surface area (Å²) in [7, 11) is 0. The summed E-state index contributed by atoms with van der Waals surface area (Å²) in [4.78, 5) is 12.9. The standard InChI is InChI=1S/C83H101N14O/c1-3-5-7-9-11-13-39-86-41-43-88(65-86)55-75-23-27-77(28-24-75)59-94-49-51-96(69-94)63-81-35-31-79(32-36-81)61-92-47-45-90(67-92)57-73-19-15-71(16-20-73)53-84-83(98)85-54-72-17-21-74(22-18-72)58-91-46-48-93(68-91)62-80-33-37-82(38-34-80)64-97-52-50-95(70-97)60-78-29-25-76(26-30-78)56-89-44-42-87(66-89)40-14-12-10-8-6-4-2/h15-38,41-52,65-70H,3-14,39-40,53-64H2,1-2H3,(H-,84,85,98)/q+5/p+1. The number of carbonyl (C=O) groups is 1. The van der Waals surface area contributed by atoms with E-state index in [1.54, 1.807) is 0 Å². The Kier molecular flexibility index (Phi) is 24.4. The van der Waals surface area contributed by atoms with Crippen LogP contribution >= 0.6 is 0 Å². The van der Waals surface area contributed by atoms with E-state index in [-0.39, 0.29) is 6.03 Å². The summed E-state index contributed by atoms with van der Waals surface area (Å²) in [5.74, 6) is 0. The predicted molar refractivity (Wildman–Crippen MR) is 383 cm³/mol. The zero-order chi connectivity index (χ0) is 66.9. The molecule has 15 heteroatoms. The van der Waals surface area contributed by atoms with Gasteiger partial charge in [-0.25, -0.2) is 59.6 Å². The molecule has 6 aromatic heterocycles. The molecule has 12 aromatic rings. The van der Waals surface area contributed by atoms with Crippen molar-refractivity contribution in [3.63, 3.8) is 0 Å². The van der Waals surface area contributed by atoms with Gasteiger partial charge in [0.1, 0.15) is 140 Å². The molecule has 12 rings (SSSR count). The number of unbranched alkanes of at least 4 members (excludes halogenated alkanes) is 10. The molecule has 0 atom stereocenters. The first-order valence-corrected chi connectivity index (χ1v) is 36.0. The van der Waals surface area contributed by atoms with E-state index in [1.807, 2.05) is 0 Å². The number of aryl methyl sites for hydroxylation is 2. The number of benzene rings is 6.